The first-order valence-electron chi connectivity index (χ1n) is 6.65. The Morgan fingerprint density at radius 1 is 1.52 bits per heavy atom. The maximum Gasteiger partial charge on any atom is 0.345 e. The van der Waals surface area contributed by atoms with E-state index in [-0.39, 0.29) is 5.92 Å². The van der Waals surface area contributed by atoms with Gasteiger partial charge in [0.05, 0.1) is 11.9 Å². The molecule has 21 heavy (non-hydrogen) atoms. The van der Waals surface area contributed by atoms with Gasteiger partial charge < -0.3 is 15.2 Å². The van der Waals surface area contributed by atoms with Gasteiger partial charge in [-0.2, -0.15) is 5.10 Å². The summed E-state index contributed by atoms with van der Waals surface area (Å²) >= 11 is 0. The summed E-state index contributed by atoms with van der Waals surface area (Å²) in [6.07, 6.45) is 3.10. The van der Waals surface area contributed by atoms with E-state index in [1.807, 2.05) is 14.0 Å². The van der Waals surface area contributed by atoms with Crippen LogP contribution in [0.4, 0.5) is 0 Å². The Kier molecular flexibility index (Phi) is 2.86. The molecule has 7 heteroatoms. The molecule has 1 atom stereocenters. The number of rotatable bonds is 1. The van der Waals surface area contributed by atoms with Crippen LogP contribution in [-0.4, -0.2) is 30.9 Å². The summed E-state index contributed by atoms with van der Waals surface area (Å²) in [5, 5.41) is 23.6. The molecule has 0 aromatic carbocycles. The minimum absolute atomic E-state index is 0.0673. The zero-order valence-corrected chi connectivity index (χ0v) is 11.7. The van der Waals surface area contributed by atoms with Gasteiger partial charge >= 0.3 is 5.97 Å². The number of aromatic amines is 1. The number of carbonyl (C=O) groups is 1. The van der Waals surface area contributed by atoms with Crippen molar-refractivity contribution in [2.24, 2.45) is 7.05 Å². The summed E-state index contributed by atoms with van der Waals surface area (Å²) in [6, 6.07) is 0. The molecular formula is C14H15N3O4. The molecule has 0 saturated heterocycles. The molecule has 0 aliphatic heterocycles. The molecule has 2 heterocycles. The summed E-state index contributed by atoms with van der Waals surface area (Å²) in [5.74, 6) is -1.94. The molecule has 0 fully saturated rings. The Morgan fingerprint density at radius 2 is 2.24 bits per heavy atom. The highest BCUT2D eigenvalue weighted by molar-refractivity contribution is 5.92. The van der Waals surface area contributed by atoms with Crippen molar-refractivity contribution >= 4 is 5.97 Å². The third-order valence-electron chi connectivity index (χ3n) is 4.08. The van der Waals surface area contributed by atoms with Crippen LogP contribution in [0.1, 0.15) is 40.9 Å². The topological polar surface area (TPSA) is 108 Å². The third kappa shape index (κ3) is 1.84. The molecule has 7 nitrogen and oxygen atoms in total. The van der Waals surface area contributed by atoms with E-state index in [0.29, 0.717) is 11.3 Å². The summed E-state index contributed by atoms with van der Waals surface area (Å²) in [5.41, 5.74) is 1.23. The maximum absolute atomic E-state index is 12.0. The van der Waals surface area contributed by atoms with Gasteiger partial charge in [0.15, 0.2) is 5.56 Å². The fraction of sp³-hybridized carbons (Fsp3) is 0.357. The lowest BCUT2D eigenvalue weighted by Gasteiger charge is -2.15. The number of carboxylic acids is 1. The number of pyridine rings is 1. The first kappa shape index (κ1) is 13.4. The maximum atomic E-state index is 12.0. The Hall–Kier alpha value is -2.57. The average Bonchev–Trinajstić information content (AvgIpc) is 2.68. The van der Waals surface area contributed by atoms with E-state index in [4.69, 9.17) is 5.11 Å². The van der Waals surface area contributed by atoms with Crippen molar-refractivity contribution in [1.29, 1.82) is 0 Å². The van der Waals surface area contributed by atoms with Gasteiger partial charge in [0.25, 0.3) is 5.56 Å². The van der Waals surface area contributed by atoms with Crippen molar-refractivity contribution in [2.45, 2.75) is 25.7 Å². The van der Waals surface area contributed by atoms with Crippen LogP contribution in [0.5, 0.6) is 5.75 Å². The van der Waals surface area contributed by atoms with Crippen LogP contribution >= 0.6 is 0 Å². The molecule has 0 radical (unpaired) electrons. The summed E-state index contributed by atoms with van der Waals surface area (Å²) < 4.78 is 1.73. The molecule has 2 aromatic rings. The van der Waals surface area contributed by atoms with E-state index in [1.54, 1.807) is 10.9 Å². The minimum Gasteiger partial charge on any atom is -0.506 e. The molecule has 0 spiro atoms. The molecule has 0 amide bonds. The first-order chi connectivity index (χ1) is 9.91. The first-order valence-corrected chi connectivity index (χ1v) is 6.65. The predicted octanol–water partition coefficient (Wildman–Crippen LogP) is 1.23. The second-order valence-electron chi connectivity index (χ2n) is 5.34. The van der Waals surface area contributed by atoms with Crippen LogP contribution in [0.25, 0.3) is 11.3 Å². The molecule has 1 aliphatic rings. The Morgan fingerprint density at radius 3 is 2.90 bits per heavy atom. The second kappa shape index (κ2) is 4.47. The molecular weight excluding hydrogens is 274 g/mol. The Balaban J connectivity index is 2.40. The van der Waals surface area contributed by atoms with Crippen LogP contribution in [-0.2, 0) is 13.5 Å². The highest BCUT2D eigenvalue weighted by atomic mass is 16.4. The van der Waals surface area contributed by atoms with E-state index >= 15 is 0 Å². The minimum atomic E-state index is -1.43. The number of hydrogen-bond donors (Lipinski definition) is 3. The standard InChI is InChI=1S/C14H15N3O4/c1-6-3-4-8-7(5-15-17(8)2)11-9(6)12(18)10(14(20)21)13(19)16-11/h5-6H,3-4H2,1-2H3,(H,20,21)(H2,16,18,19)/t6-/m1/s1. The number of aromatic nitrogens is 3. The molecule has 1 aliphatic carbocycles. The van der Waals surface area contributed by atoms with Gasteiger partial charge in [-0.3, -0.25) is 9.48 Å². The van der Waals surface area contributed by atoms with Crippen LogP contribution < -0.4 is 5.56 Å². The molecule has 0 saturated carbocycles. The van der Waals surface area contributed by atoms with E-state index < -0.39 is 22.8 Å². The zero-order valence-electron chi connectivity index (χ0n) is 11.7. The predicted molar refractivity (Wildman–Crippen MR) is 74.6 cm³/mol. The van der Waals surface area contributed by atoms with E-state index in [2.05, 4.69) is 10.1 Å². The lowest BCUT2D eigenvalue weighted by atomic mass is 9.94. The van der Waals surface area contributed by atoms with Gasteiger partial charge in [0.1, 0.15) is 5.75 Å². The Bertz CT molecular complexity index is 803. The van der Waals surface area contributed by atoms with Gasteiger partial charge in [0, 0.05) is 23.9 Å². The van der Waals surface area contributed by atoms with Gasteiger partial charge in [-0.15, -0.1) is 0 Å². The lowest BCUT2D eigenvalue weighted by Crippen LogP contribution is -2.20. The van der Waals surface area contributed by atoms with Gasteiger partial charge in [0.2, 0.25) is 0 Å². The third-order valence-corrected chi connectivity index (χ3v) is 4.08. The van der Waals surface area contributed by atoms with E-state index in [1.165, 1.54) is 0 Å². The zero-order chi connectivity index (χ0) is 15.3. The normalized spacial score (nSPS) is 17.0. The number of hydrogen-bond acceptors (Lipinski definition) is 4. The lowest BCUT2D eigenvalue weighted by molar-refractivity contribution is 0.0691. The van der Waals surface area contributed by atoms with Crippen LogP contribution in [0, 0.1) is 0 Å². The number of nitrogens with one attached hydrogen (secondary N) is 1. The van der Waals surface area contributed by atoms with Crippen molar-refractivity contribution < 1.29 is 15.0 Å². The molecule has 0 bridgehead atoms. The number of carboxylic acid groups (broad SMARTS) is 1. The molecule has 2 aromatic heterocycles. The number of fused-ring (bicyclic) bond motifs is 3. The molecule has 3 rings (SSSR count). The number of nitrogens with zero attached hydrogens (tertiary/aromatic N) is 2. The number of aromatic carboxylic acids is 1. The van der Waals surface area contributed by atoms with Crippen LogP contribution in [0.3, 0.4) is 0 Å². The van der Waals surface area contributed by atoms with Crippen molar-refractivity contribution in [2.75, 3.05) is 0 Å². The second-order valence-corrected chi connectivity index (χ2v) is 5.34. The van der Waals surface area contributed by atoms with Crippen LogP contribution in [0.2, 0.25) is 0 Å². The average molecular weight is 289 g/mol. The quantitative estimate of drug-likeness (QED) is 0.731. The fourth-order valence-electron chi connectivity index (χ4n) is 2.96. The van der Waals surface area contributed by atoms with Gasteiger partial charge in [-0.05, 0) is 18.8 Å². The summed E-state index contributed by atoms with van der Waals surface area (Å²) in [7, 11) is 1.82. The fourth-order valence-corrected chi connectivity index (χ4v) is 2.96. The molecule has 110 valence electrons. The van der Waals surface area contributed by atoms with Crippen molar-refractivity contribution in [3.8, 4) is 17.0 Å². The summed E-state index contributed by atoms with van der Waals surface area (Å²) in [4.78, 5) is 25.7. The van der Waals surface area contributed by atoms with Gasteiger partial charge in [-0.25, -0.2) is 4.79 Å². The highest BCUT2D eigenvalue weighted by Crippen LogP contribution is 2.41. The Labute approximate surface area is 119 Å². The molecule has 3 N–H and O–H groups in total. The number of aromatic hydroxyl groups is 1. The monoisotopic (exact) mass is 289 g/mol. The smallest absolute Gasteiger partial charge is 0.345 e. The number of H-pyrrole nitrogens is 1. The number of aryl methyl sites for hydroxylation is 1. The van der Waals surface area contributed by atoms with E-state index in [0.717, 1.165) is 24.1 Å². The van der Waals surface area contributed by atoms with Crippen molar-refractivity contribution in [3.05, 3.63) is 33.4 Å². The largest absolute Gasteiger partial charge is 0.506 e. The SMILES string of the molecule is C[C@@H]1CCc2c(cnn2C)-c2[nH]c(=O)c(C(=O)O)c(O)c21. The summed E-state index contributed by atoms with van der Waals surface area (Å²) in [6.45, 7) is 1.90. The van der Waals surface area contributed by atoms with Crippen molar-refractivity contribution in [3.63, 3.8) is 0 Å². The van der Waals surface area contributed by atoms with E-state index in [9.17, 15) is 14.7 Å². The highest BCUT2D eigenvalue weighted by Gasteiger charge is 2.30. The van der Waals surface area contributed by atoms with Crippen LogP contribution in [0.15, 0.2) is 11.0 Å². The van der Waals surface area contributed by atoms with Crippen molar-refractivity contribution in [1.82, 2.24) is 14.8 Å². The molecule has 0 unspecified atom stereocenters. The van der Waals surface area contributed by atoms with Gasteiger partial charge in [-0.1, -0.05) is 6.92 Å².